The van der Waals surface area contributed by atoms with Gasteiger partial charge in [0.25, 0.3) is 0 Å². The van der Waals surface area contributed by atoms with Gasteiger partial charge in [0.1, 0.15) is 6.33 Å². The second-order valence-electron chi connectivity index (χ2n) is 4.96. The zero-order valence-corrected chi connectivity index (χ0v) is 11.9. The normalized spacial score (nSPS) is 11.2. The van der Waals surface area contributed by atoms with Gasteiger partial charge in [-0.3, -0.25) is 4.57 Å². The van der Waals surface area contributed by atoms with Gasteiger partial charge in [0.05, 0.1) is 11.0 Å². The molecule has 5 heteroatoms. The van der Waals surface area contributed by atoms with Gasteiger partial charge in [-0.2, -0.15) is 0 Å². The predicted octanol–water partition coefficient (Wildman–Crippen LogP) is 2.15. The van der Waals surface area contributed by atoms with Crippen molar-refractivity contribution >= 4 is 11.0 Å². The van der Waals surface area contributed by atoms with E-state index in [-0.39, 0.29) is 0 Å². The van der Waals surface area contributed by atoms with E-state index >= 15 is 0 Å². The smallest absolute Gasteiger partial charge is 0.235 e. The maximum absolute atomic E-state index is 4.43. The molecule has 0 unspecified atom stereocenters. The maximum Gasteiger partial charge on any atom is 0.235 e. The SMILES string of the molecule is CNCc1cnc(-n2cnc3cc(C)c(C)cc32)nc1. The Hall–Kier alpha value is -2.27. The lowest BCUT2D eigenvalue weighted by molar-refractivity contribution is 0.800. The molecule has 0 radical (unpaired) electrons. The molecule has 3 rings (SSSR count). The number of imidazole rings is 1. The third-order valence-electron chi connectivity index (χ3n) is 3.45. The van der Waals surface area contributed by atoms with Crippen molar-refractivity contribution in [3.05, 3.63) is 47.5 Å². The van der Waals surface area contributed by atoms with E-state index in [4.69, 9.17) is 0 Å². The highest BCUT2D eigenvalue weighted by atomic mass is 15.2. The summed E-state index contributed by atoms with van der Waals surface area (Å²) in [5.74, 6) is 0.649. The molecule has 20 heavy (non-hydrogen) atoms. The molecule has 2 aromatic heterocycles. The molecule has 2 heterocycles. The van der Waals surface area contributed by atoms with Crippen LogP contribution in [0.2, 0.25) is 0 Å². The third-order valence-corrected chi connectivity index (χ3v) is 3.45. The van der Waals surface area contributed by atoms with Crippen LogP contribution < -0.4 is 5.32 Å². The molecule has 0 bridgehead atoms. The predicted molar refractivity (Wildman–Crippen MR) is 78.9 cm³/mol. The third kappa shape index (κ3) is 2.16. The van der Waals surface area contributed by atoms with Gasteiger partial charge >= 0.3 is 0 Å². The lowest BCUT2D eigenvalue weighted by Gasteiger charge is -2.05. The number of nitrogens with one attached hydrogen (secondary N) is 1. The number of hydrogen-bond donors (Lipinski definition) is 1. The summed E-state index contributed by atoms with van der Waals surface area (Å²) in [6.07, 6.45) is 5.45. The molecule has 0 fully saturated rings. The van der Waals surface area contributed by atoms with Crippen molar-refractivity contribution in [1.29, 1.82) is 0 Å². The van der Waals surface area contributed by atoms with Crippen molar-refractivity contribution in [2.24, 2.45) is 0 Å². The topological polar surface area (TPSA) is 55.6 Å². The molecule has 0 saturated heterocycles. The van der Waals surface area contributed by atoms with Crippen LogP contribution >= 0.6 is 0 Å². The summed E-state index contributed by atoms with van der Waals surface area (Å²) in [6, 6.07) is 4.22. The lowest BCUT2D eigenvalue weighted by Crippen LogP contribution is -2.07. The Bertz CT molecular complexity index is 743. The fourth-order valence-corrected chi connectivity index (χ4v) is 2.19. The number of fused-ring (bicyclic) bond motifs is 1. The molecule has 0 aliphatic carbocycles. The molecule has 0 aliphatic rings. The van der Waals surface area contributed by atoms with Gasteiger partial charge in [-0.05, 0) is 44.2 Å². The Balaban J connectivity index is 2.07. The summed E-state index contributed by atoms with van der Waals surface area (Å²) in [6.45, 7) is 4.96. The standard InChI is InChI=1S/C15H17N5/c1-10-4-13-14(5-11(10)2)20(9-19-13)15-17-7-12(6-16-3)8-18-15/h4-5,7-9,16H,6H2,1-3H3. The van der Waals surface area contributed by atoms with E-state index in [0.717, 1.165) is 23.1 Å². The highest BCUT2D eigenvalue weighted by molar-refractivity contribution is 5.78. The molecule has 102 valence electrons. The minimum absolute atomic E-state index is 0.649. The highest BCUT2D eigenvalue weighted by Gasteiger charge is 2.08. The van der Waals surface area contributed by atoms with E-state index in [0.29, 0.717) is 5.95 Å². The van der Waals surface area contributed by atoms with Gasteiger partial charge < -0.3 is 5.32 Å². The van der Waals surface area contributed by atoms with Crippen molar-refractivity contribution in [2.45, 2.75) is 20.4 Å². The minimum Gasteiger partial charge on any atom is -0.316 e. The average Bonchev–Trinajstić information content (AvgIpc) is 2.83. The largest absolute Gasteiger partial charge is 0.316 e. The summed E-state index contributed by atoms with van der Waals surface area (Å²) in [5.41, 5.74) is 5.55. The molecular weight excluding hydrogens is 250 g/mol. The van der Waals surface area contributed by atoms with Gasteiger partial charge in [-0.25, -0.2) is 15.0 Å². The first-order valence-corrected chi connectivity index (χ1v) is 6.59. The maximum atomic E-state index is 4.43. The first kappa shape index (κ1) is 12.7. The molecule has 0 saturated carbocycles. The van der Waals surface area contributed by atoms with Crippen molar-refractivity contribution in [3.8, 4) is 5.95 Å². The van der Waals surface area contributed by atoms with E-state index < -0.39 is 0 Å². The van der Waals surface area contributed by atoms with Crippen LogP contribution in [0.5, 0.6) is 0 Å². The Labute approximate surface area is 117 Å². The summed E-state index contributed by atoms with van der Waals surface area (Å²) in [7, 11) is 1.91. The van der Waals surface area contributed by atoms with Crippen LogP contribution in [0.25, 0.3) is 17.0 Å². The molecule has 0 spiro atoms. The molecule has 3 aromatic rings. The average molecular weight is 267 g/mol. The van der Waals surface area contributed by atoms with Gasteiger partial charge in [0, 0.05) is 24.5 Å². The fraction of sp³-hybridized carbons (Fsp3) is 0.267. The van der Waals surface area contributed by atoms with Crippen molar-refractivity contribution in [3.63, 3.8) is 0 Å². The monoisotopic (exact) mass is 267 g/mol. The van der Waals surface area contributed by atoms with Crippen LogP contribution in [0.4, 0.5) is 0 Å². The molecular formula is C15H17N5. The lowest BCUT2D eigenvalue weighted by atomic mass is 10.1. The number of aryl methyl sites for hydroxylation is 2. The van der Waals surface area contributed by atoms with E-state index in [1.54, 1.807) is 6.33 Å². The molecule has 5 nitrogen and oxygen atoms in total. The molecule has 0 atom stereocenters. The summed E-state index contributed by atoms with van der Waals surface area (Å²) >= 11 is 0. The Morgan fingerprint density at radius 1 is 1.05 bits per heavy atom. The van der Waals surface area contributed by atoms with E-state index in [2.05, 4.69) is 46.2 Å². The summed E-state index contributed by atoms with van der Waals surface area (Å²) in [5, 5.41) is 3.08. The Morgan fingerprint density at radius 2 is 1.75 bits per heavy atom. The van der Waals surface area contributed by atoms with Crippen LogP contribution in [0.3, 0.4) is 0 Å². The molecule has 1 aromatic carbocycles. The summed E-state index contributed by atoms with van der Waals surface area (Å²) in [4.78, 5) is 13.3. The zero-order valence-electron chi connectivity index (χ0n) is 11.9. The number of rotatable bonds is 3. The molecule has 1 N–H and O–H groups in total. The van der Waals surface area contributed by atoms with Crippen LogP contribution in [-0.4, -0.2) is 26.6 Å². The van der Waals surface area contributed by atoms with Gasteiger partial charge in [0.2, 0.25) is 5.95 Å². The van der Waals surface area contributed by atoms with Crippen molar-refractivity contribution in [1.82, 2.24) is 24.8 Å². The number of nitrogens with zero attached hydrogens (tertiary/aromatic N) is 4. The van der Waals surface area contributed by atoms with Gasteiger partial charge in [0.15, 0.2) is 0 Å². The van der Waals surface area contributed by atoms with Crippen LogP contribution in [-0.2, 0) is 6.54 Å². The van der Waals surface area contributed by atoms with Crippen LogP contribution in [0, 0.1) is 13.8 Å². The van der Waals surface area contributed by atoms with Gasteiger partial charge in [-0.15, -0.1) is 0 Å². The Kier molecular flexibility index (Phi) is 3.20. The first-order chi connectivity index (χ1) is 9.69. The molecule has 0 aliphatic heterocycles. The fourth-order valence-electron chi connectivity index (χ4n) is 2.19. The second-order valence-corrected chi connectivity index (χ2v) is 4.96. The number of benzene rings is 1. The first-order valence-electron chi connectivity index (χ1n) is 6.59. The highest BCUT2D eigenvalue weighted by Crippen LogP contribution is 2.20. The van der Waals surface area contributed by atoms with Crippen LogP contribution in [0.1, 0.15) is 16.7 Å². The zero-order chi connectivity index (χ0) is 14.1. The second kappa shape index (κ2) is 5.02. The van der Waals surface area contributed by atoms with E-state index in [1.807, 2.05) is 24.0 Å². The Morgan fingerprint density at radius 3 is 2.45 bits per heavy atom. The summed E-state index contributed by atoms with van der Waals surface area (Å²) < 4.78 is 1.92. The van der Waals surface area contributed by atoms with E-state index in [9.17, 15) is 0 Å². The minimum atomic E-state index is 0.649. The molecule has 0 amide bonds. The number of hydrogen-bond acceptors (Lipinski definition) is 4. The van der Waals surface area contributed by atoms with Crippen molar-refractivity contribution in [2.75, 3.05) is 7.05 Å². The quantitative estimate of drug-likeness (QED) is 0.790. The number of aromatic nitrogens is 4. The van der Waals surface area contributed by atoms with Gasteiger partial charge in [-0.1, -0.05) is 0 Å². The van der Waals surface area contributed by atoms with Crippen molar-refractivity contribution < 1.29 is 0 Å². The van der Waals surface area contributed by atoms with E-state index in [1.165, 1.54) is 11.1 Å². The van der Waals surface area contributed by atoms with Crippen LogP contribution in [0.15, 0.2) is 30.9 Å².